The van der Waals surface area contributed by atoms with Crippen LogP contribution in [0.4, 0.5) is 0 Å². The second-order valence-corrected chi connectivity index (χ2v) is 8.16. The molecule has 0 saturated carbocycles. The first kappa shape index (κ1) is 21.5. The molecular weight excluding hydrogens is 382 g/mol. The van der Waals surface area contributed by atoms with Crippen molar-refractivity contribution < 1.29 is 0 Å². The Hall–Kier alpha value is -3.23. The quantitative estimate of drug-likeness (QED) is 0.275. The molecular formula is C28H27NS. The third-order valence-electron chi connectivity index (χ3n) is 5.03. The number of benzene rings is 2. The SMILES string of the molecule is C=C/C=C(C=C)/C(=C/C)N=C(c1ccc(C(=C)C)cc1)c1sc2ccccc2c1C. The number of hydrogen-bond acceptors (Lipinski definition) is 2. The highest BCUT2D eigenvalue weighted by Crippen LogP contribution is 2.33. The molecule has 2 heteroatoms. The zero-order chi connectivity index (χ0) is 21.7. The van der Waals surface area contributed by atoms with E-state index in [9.17, 15) is 0 Å². The van der Waals surface area contributed by atoms with Gasteiger partial charge in [0.25, 0.3) is 0 Å². The number of allylic oxidation sites excluding steroid dienone is 5. The minimum atomic E-state index is 0.876. The summed E-state index contributed by atoms with van der Waals surface area (Å²) in [5.74, 6) is 0. The minimum Gasteiger partial charge on any atom is -0.247 e. The Kier molecular flexibility index (Phi) is 6.81. The van der Waals surface area contributed by atoms with E-state index >= 15 is 0 Å². The Balaban J connectivity index is 2.26. The largest absolute Gasteiger partial charge is 0.247 e. The highest BCUT2D eigenvalue weighted by Gasteiger charge is 2.17. The van der Waals surface area contributed by atoms with Crippen LogP contribution in [-0.2, 0) is 0 Å². The fourth-order valence-corrected chi connectivity index (χ4v) is 4.58. The molecule has 3 rings (SSSR count). The van der Waals surface area contributed by atoms with Crippen molar-refractivity contribution in [2.75, 3.05) is 0 Å². The molecule has 3 aromatic rings. The molecule has 0 aliphatic rings. The van der Waals surface area contributed by atoms with Gasteiger partial charge in [-0.25, -0.2) is 4.99 Å². The lowest BCUT2D eigenvalue weighted by Crippen LogP contribution is -2.04. The van der Waals surface area contributed by atoms with Crippen LogP contribution in [0.5, 0.6) is 0 Å². The van der Waals surface area contributed by atoms with E-state index in [4.69, 9.17) is 4.99 Å². The van der Waals surface area contributed by atoms with Gasteiger partial charge in [-0.2, -0.15) is 0 Å². The molecule has 0 radical (unpaired) electrons. The van der Waals surface area contributed by atoms with Crippen molar-refractivity contribution in [2.24, 2.45) is 4.99 Å². The smallest absolute Gasteiger partial charge is 0.0884 e. The standard InChI is InChI=1S/C28H27NS/c1-7-12-21(8-2)25(9-3)29-27(23-17-15-22(16-18-23)19(4)5)28-20(6)24-13-10-11-14-26(24)30-28/h7-18H,1-2,4H2,3,5-6H3/b21-12+,25-9-,29-27?. The molecule has 0 bridgehead atoms. The number of thiophene rings is 1. The molecule has 0 fully saturated rings. The van der Waals surface area contributed by atoms with Gasteiger partial charge in [0.15, 0.2) is 0 Å². The van der Waals surface area contributed by atoms with Crippen molar-refractivity contribution in [2.45, 2.75) is 20.8 Å². The summed E-state index contributed by atoms with van der Waals surface area (Å²) in [7, 11) is 0. The Bertz CT molecular complexity index is 1200. The van der Waals surface area contributed by atoms with Crippen LogP contribution < -0.4 is 0 Å². The number of nitrogens with zero attached hydrogens (tertiary/aromatic N) is 1. The fourth-order valence-electron chi connectivity index (χ4n) is 3.36. The van der Waals surface area contributed by atoms with E-state index in [0.29, 0.717) is 0 Å². The third-order valence-corrected chi connectivity index (χ3v) is 6.31. The Morgan fingerprint density at radius 1 is 1.00 bits per heavy atom. The van der Waals surface area contributed by atoms with Crippen LogP contribution in [0, 0.1) is 6.92 Å². The average molecular weight is 410 g/mol. The molecule has 0 aliphatic heterocycles. The molecule has 2 aromatic carbocycles. The van der Waals surface area contributed by atoms with Gasteiger partial charge in [-0.05, 0) is 48.9 Å². The lowest BCUT2D eigenvalue weighted by atomic mass is 10.0. The summed E-state index contributed by atoms with van der Waals surface area (Å²) in [5, 5.41) is 1.27. The van der Waals surface area contributed by atoms with Crippen molar-refractivity contribution >= 4 is 32.7 Å². The van der Waals surface area contributed by atoms with E-state index in [1.807, 2.05) is 32.1 Å². The summed E-state index contributed by atoms with van der Waals surface area (Å²) < 4.78 is 1.27. The highest BCUT2D eigenvalue weighted by atomic mass is 32.1. The second-order valence-electron chi connectivity index (χ2n) is 7.11. The van der Waals surface area contributed by atoms with Crippen molar-refractivity contribution in [3.05, 3.63) is 125 Å². The van der Waals surface area contributed by atoms with Crippen LogP contribution in [0.15, 0.2) is 109 Å². The van der Waals surface area contributed by atoms with Crippen LogP contribution in [-0.4, -0.2) is 5.71 Å². The van der Waals surface area contributed by atoms with E-state index in [2.05, 4.69) is 75.2 Å². The van der Waals surface area contributed by atoms with E-state index < -0.39 is 0 Å². The first-order chi connectivity index (χ1) is 14.5. The maximum atomic E-state index is 5.13. The number of aliphatic imine (C=N–C) groups is 1. The second kappa shape index (κ2) is 9.51. The fraction of sp³-hybridized carbons (Fsp3) is 0.107. The van der Waals surface area contributed by atoms with Gasteiger partial charge in [0.1, 0.15) is 0 Å². The molecule has 0 amide bonds. The van der Waals surface area contributed by atoms with Gasteiger partial charge in [0.05, 0.1) is 16.3 Å². The van der Waals surface area contributed by atoms with Gasteiger partial charge < -0.3 is 0 Å². The number of hydrogen-bond donors (Lipinski definition) is 0. The van der Waals surface area contributed by atoms with Crippen molar-refractivity contribution in [1.82, 2.24) is 0 Å². The van der Waals surface area contributed by atoms with Gasteiger partial charge in [-0.15, -0.1) is 11.3 Å². The highest BCUT2D eigenvalue weighted by molar-refractivity contribution is 7.21. The van der Waals surface area contributed by atoms with Gasteiger partial charge in [-0.3, -0.25) is 0 Å². The molecule has 0 aliphatic carbocycles. The van der Waals surface area contributed by atoms with Crippen molar-refractivity contribution in [3.8, 4) is 0 Å². The topological polar surface area (TPSA) is 12.4 Å². The molecule has 0 unspecified atom stereocenters. The third kappa shape index (κ3) is 4.34. The molecule has 0 saturated heterocycles. The monoisotopic (exact) mass is 409 g/mol. The maximum Gasteiger partial charge on any atom is 0.0884 e. The van der Waals surface area contributed by atoms with Crippen LogP contribution in [0.3, 0.4) is 0 Å². The summed E-state index contributed by atoms with van der Waals surface area (Å²) in [4.78, 5) is 6.32. The molecule has 1 nitrogen and oxygen atoms in total. The van der Waals surface area contributed by atoms with E-state index in [1.165, 1.54) is 20.5 Å². The molecule has 0 atom stereocenters. The molecule has 0 N–H and O–H groups in total. The predicted molar refractivity (Wildman–Crippen MR) is 136 cm³/mol. The zero-order valence-corrected chi connectivity index (χ0v) is 18.7. The van der Waals surface area contributed by atoms with Gasteiger partial charge in [0, 0.05) is 10.3 Å². The van der Waals surface area contributed by atoms with Crippen molar-refractivity contribution in [1.29, 1.82) is 0 Å². The maximum absolute atomic E-state index is 5.13. The first-order valence-electron chi connectivity index (χ1n) is 9.95. The molecule has 0 spiro atoms. The molecule has 1 aromatic heterocycles. The summed E-state index contributed by atoms with van der Waals surface area (Å²) >= 11 is 1.78. The summed E-state index contributed by atoms with van der Waals surface area (Å²) in [6.45, 7) is 18.0. The number of aryl methyl sites for hydroxylation is 1. The number of fused-ring (bicyclic) bond motifs is 1. The van der Waals surface area contributed by atoms with Gasteiger partial charge in [0.2, 0.25) is 0 Å². The predicted octanol–water partition coefficient (Wildman–Crippen LogP) is 8.28. The minimum absolute atomic E-state index is 0.876. The Labute approximate surface area is 183 Å². The normalized spacial score (nSPS) is 12.8. The molecule has 1 heterocycles. The van der Waals surface area contributed by atoms with Crippen molar-refractivity contribution in [3.63, 3.8) is 0 Å². The lowest BCUT2D eigenvalue weighted by molar-refractivity contribution is 1.31. The number of rotatable bonds is 7. The van der Waals surface area contributed by atoms with Crippen LogP contribution in [0.2, 0.25) is 0 Å². The van der Waals surface area contributed by atoms with Crippen LogP contribution in [0.1, 0.15) is 35.4 Å². The Morgan fingerprint density at radius 2 is 1.67 bits per heavy atom. The average Bonchev–Trinajstić information content (AvgIpc) is 3.10. The summed E-state index contributed by atoms with van der Waals surface area (Å²) in [5.41, 5.74) is 7.30. The lowest BCUT2D eigenvalue weighted by Gasteiger charge is -2.11. The summed E-state index contributed by atoms with van der Waals surface area (Å²) in [6.07, 6.45) is 7.54. The molecule has 150 valence electrons. The van der Waals surface area contributed by atoms with Crippen LogP contribution >= 0.6 is 11.3 Å². The van der Waals surface area contributed by atoms with Crippen LogP contribution in [0.25, 0.3) is 15.7 Å². The van der Waals surface area contributed by atoms with Gasteiger partial charge >= 0.3 is 0 Å². The van der Waals surface area contributed by atoms with E-state index in [1.54, 1.807) is 17.4 Å². The summed E-state index contributed by atoms with van der Waals surface area (Å²) in [6, 6.07) is 17.0. The molecule has 30 heavy (non-hydrogen) atoms. The zero-order valence-electron chi connectivity index (χ0n) is 17.9. The Morgan fingerprint density at radius 3 is 2.23 bits per heavy atom. The first-order valence-corrected chi connectivity index (χ1v) is 10.8. The van der Waals surface area contributed by atoms with E-state index in [0.717, 1.165) is 33.7 Å². The van der Waals surface area contributed by atoms with E-state index in [-0.39, 0.29) is 0 Å². The van der Waals surface area contributed by atoms with Gasteiger partial charge in [-0.1, -0.05) is 92.1 Å².